The van der Waals surface area contributed by atoms with Gasteiger partial charge in [0, 0.05) is 24.7 Å². The second kappa shape index (κ2) is 6.35. The van der Waals surface area contributed by atoms with Crippen molar-refractivity contribution in [3.8, 4) is 0 Å². The van der Waals surface area contributed by atoms with Crippen molar-refractivity contribution < 1.29 is 12.8 Å². The molecule has 0 unspecified atom stereocenters. The van der Waals surface area contributed by atoms with Crippen molar-refractivity contribution in [1.29, 1.82) is 0 Å². The SMILES string of the molecule is CN(CCNS(=O)(=O)c1ccc(F)c(C(N)=S)c1)C1CC1. The van der Waals surface area contributed by atoms with Gasteiger partial charge in [0.2, 0.25) is 10.0 Å². The Balaban J connectivity index is 2.04. The number of benzene rings is 1. The molecule has 5 nitrogen and oxygen atoms in total. The first-order valence-electron chi connectivity index (χ1n) is 6.60. The number of likely N-dealkylation sites (N-methyl/N-ethyl adjacent to an activating group) is 1. The Morgan fingerprint density at radius 1 is 1.52 bits per heavy atom. The minimum absolute atomic E-state index is 0.0409. The summed E-state index contributed by atoms with van der Waals surface area (Å²) in [5.74, 6) is -0.630. The number of hydrogen-bond acceptors (Lipinski definition) is 4. The molecule has 1 aliphatic rings. The zero-order valence-corrected chi connectivity index (χ0v) is 13.3. The highest BCUT2D eigenvalue weighted by Gasteiger charge is 2.26. The smallest absolute Gasteiger partial charge is 0.240 e. The number of thiocarbonyl (C=S) groups is 1. The van der Waals surface area contributed by atoms with E-state index in [0.717, 1.165) is 12.1 Å². The molecule has 0 amide bonds. The van der Waals surface area contributed by atoms with E-state index in [-0.39, 0.29) is 15.4 Å². The fourth-order valence-corrected chi connectivity index (χ4v) is 3.20. The molecule has 3 N–H and O–H groups in total. The van der Waals surface area contributed by atoms with E-state index in [2.05, 4.69) is 9.62 Å². The molecular weight excluding hydrogens is 313 g/mol. The summed E-state index contributed by atoms with van der Waals surface area (Å²) in [5.41, 5.74) is 5.31. The summed E-state index contributed by atoms with van der Waals surface area (Å²) in [7, 11) is -1.73. The maximum absolute atomic E-state index is 13.5. The highest BCUT2D eigenvalue weighted by molar-refractivity contribution is 7.89. The third-order valence-electron chi connectivity index (χ3n) is 3.44. The fraction of sp³-hybridized carbons (Fsp3) is 0.462. The summed E-state index contributed by atoms with van der Waals surface area (Å²) < 4.78 is 40.3. The number of rotatable bonds is 7. The van der Waals surface area contributed by atoms with Gasteiger partial charge < -0.3 is 10.6 Å². The van der Waals surface area contributed by atoms with E-state index in [9.17, 15) is 12.8 Å². The lowest BCUT2D eigenvalue weighted by molar-refractivity contribution is 0.329. The lowest BCUT2D eigenvalue weighted by Gasteiger charge is -2.16. The van der Waals surface area contributed by atoms with Gasteiger partial charge in [0.25, 0.3) is 0 Å². The normalized spacial score (nSPS) is 15.4. The Kier molecular flexibility index (Phi) is 4.92. The summed E-state index contributed by atoms with van der Waals surface area (Å²) in [5, 5.41) is 0. The molecule has 0 aromatic heterocycles. The van der Waals surface area contributed by atoms with E-state index in [1.165, 1.54) is 18.9 Å². The summed E-state index contributed by atoms with van der Waals surface area (Å²) >= 11 is 4.71. The minimum atomic E-state index is -3.69. The van der Waals surface area contributed by atoms with Crippen molar-refractivity contribution in [3.05, 3.63) is 29.6 Å². The van der Waals surface area contributed by atoms with Gasteiger partial charge in [-0.05, 0) is 38.1 Å². The van der Waals surface area contributed by atoms with Crippen LogP contribution in [0.4, 0.5) is 4.39 Å². The average molecular weight is 331 g/mol. The van der Waals surface area contributed by atoms with E-state index in [1.807, 2.05) is 7.05 Å². The predicted octanol–water partition coefficient (Wildman–Crippen LogP) is 0.832. The number of sulfonamides is 1. The van der Waals surface area contributed by atoms with Crippen LogP contribution in [0.15, 0.2) is 23.1 Å². The van der Waals surface area contributed by atoms with Gasteiger partial charge >= 0.3 is 0 Å². The van der Waals surface area contributed by atoms with Crippen LogP contribution >= 0.6 is 12.2 Å². The predicted molar refractivity (Wildman–Crippen MR) is 83.1 cm³/mol. The Morgan fingerprint density at radius 2 is 2.19 bits per heavy atom. The number of hydrogen-bond donors (Lipinski definition) is 2. The molecule has 0 heterocycles. The van der Waals surface area contributed by atoms with Crippen LogP contribution in [0.5, 0.6) is 0 Å². The molecule has 0 atom stereocenters. The topological polar surface area (TPSA) is 75.4 Å². The standard InChI is InChI=1S/C13H18FN3O2S2/c1-17(9-2-3-9)7-6-16-21(18,19)10-4-5-12(14)11(8-10)13(15)20/h4-5,8-9,16H,2-3,6-7H2,1H3,(H2,15,20). The fourth-order valence-electron chi connectivity index (χ4n) is 2.00. The Bertz CT molecular complexity index is 645. The molecule has 1 aromatic carbocycles. The van der Waals surface area contributed by atoms with Crippen molar-refractivity contribution in [2.24, 2.45) is 5.73 Å². The van der Waals surface area contributed by atoms with E-state index < -0.39 is 15.8 Å². The molecule has 1 aliphatic carbocycles. The number of nitrogens with zero attached hydrogens (tertiary/aromatic N) is 1. The van der Waals surface area contributed by atoms with Crippen LogP contribution < -0.4 is 10.5 Å². The van der Waals surface area contributed by atoms with Crippen molar-refractivity contribution in [2.75, 3.05) is 20.1 Å². The van der Waals surface area contributed by atoms with Crippen LogP contribution in [-0.2, 0) is 10.0 Å². The largest absolute Gasteiger partial charge is 0.389 e. The Hall–Kier alpha value is -1.09. The molecule has 1 aromatic rings. The van der Waals surface area contributed by atoms with Crippen LogP contribution in [0, 0.1) is 5.82 Å². The van der Waals surface area contributed by atoms with Gasteiger partial charge in [-0.3, -0.25) is 0 Å². The molecule has 8 heteroatoms. The molecule has 1 saturated carbocycles. The number of nitrogens with two attached hydrogens (primary N) is 1. The molecule has 0 saturated heterocycles. The van der Waals surface area contributed by atoms with Crippen LogP contribution in [0.2, 0.25) is 0 Å². The lowest BCUT2D eigenvalue weighted by Crippen LogP contribution is -2.34. The van der Waals surface area contributed by atoms with Gasteiger partial charge in [-0.2, -0.15) is 0 Å². The average Bonchev–Trinajstić information content (AvgIpc) is 3.22. The summed E-state index contributed by atoms with van der Waals surface area (Å²) in [6.45, 7) is 0.933. The van der Waals surface area contributed by atoms with E-state index >= 15 is 0 Å². The number of halogens is 1. The van der Waals surface area contributed by atoms with E-state index in [4.69, 9.17) is 18.0 Å². The third-order valence-corrected chi connectivity index (χ3v) is 5.12. The lowest BCUT2D eigenvalue weighted by atomic mass is 10.2. The Labute approximate surface area is 129 Å². The van der Waals surface area contributed by atoms with Crippen LogP contribution in [0.25, 0.3) is 0 Å². The molecule has 21 heavy (non-hydrogen) atoms. The van der Waals surface area contributed by atoms with Crippen LogP contribution in [-0.4, -0.2) is 44.5 Å². The summed E-state index contributed by atoms with van der Waals surface area (Å²) in [6, 6.07) is 3.98. The highest BCUT2D eigenvalue weighted by Crippen LogP contribution is 2.24. The second-order valence-electron chi connectivity index (χ2n) is 5.12. The van der Waals surface area contributed by atoms with Crippen LogP contribution in [0.3, 0.4) is 0 Å². The zero-order chi connectivity index (χ0) is 15.6. The zero-order valence-electron chi connectivity index (χ0n) is 11.7. The molecule has 1 fully saturated rings. The maximum Gasteiger partial charge on any atom is 0.240 e. The van der Waals surface area contributed by atoms with Gasteiger partial charge in [-0.1, -0.05) is 12.2 Å². The quantitative estimate of drug-likeness (QED) is 0.724. The molecule has 116 valence electrons. The maximum atomic E-state index is 13.5. The number of nitrogens with one attached hydrogen (secondary N) is 1. The van der Waals surface area contributed by atoms with Crippen molar-refractivity contribution in [3.63, 3.8) is 0 Å². The monoisotopic (exact) mass is 331 g/mol. The van der Waals surface area contributed by atoms with Gasteiger partial charge in [-0.25, -0.2) is 17.5 Å². The Morgan fingerprint density at radius 3 is 2.76 bits per heavy atom. The molecule has 2 rings (SSSR count). The van der Waals surface area contributed by atoms with Gasteiger partial charge in [-0.15, -0.1) is 0 Å². The summed E-state index contributed by atoms with van der Waals surface area (Å²) in [4.78, 5) is 1.91. The first kappa shape index (κ1) is 16.3. The second-order valence-corrected chi connectivity index (χ2v) is 7.32. The molecule has 0 spiro atoms. The first-order chi connectivity index (χ1) is 9.81. The highest BCUT2D eigenvalue weighted by atomic mass is 32.2. The van der Waals surface area contributed by atoms with Gasteiger partial charge in [0.05, 0.1) is 4.90 Å². The van der Waals surface area contributed by atoms with Crippen LogP contribution in [0.1, 0.15) is 18.4 Å². The van der Waals surface area contributed by atoms with Gasteiger partial charge in [0.1, 0.15) is 10.8 Å². The van der Waals surface area contributed by atoms with Gasteiger partial charge in [0.15, 0.2) is 0 Å². The molecule has 0 radical (unpaired) electrons. The third kappa shape index (κ3) is 4.19. The van der Waals surface area contributed by atoms with E-state index in [0.29, 0.717) is 19.1 Å². The molecule has 0 bridgehead atoms. The molecule has 0 aliphatic heterocycles. The minimum Gasteiger partial charge on any atom is -0.389 e. The van der Waals surface area contributed by atoms with Crippen molar-refractivity contribution in [2.45, 2.75) is 23.8 Å². The first-order valence-corrected chi connectivity index (χ1v) is 8.49. The molecular formula is C13H18FN3O2S2. The summed E-state index contributed by atoms with van der Waals surface area (Å²) in [6.07, 6.45) is 2.33. The van der Waals surface area contributed by atoms with Crippen molar-refractivity contribution >= 4 is 27.2 Å². The van der Waals surface area contributed by atoms with E-state index in [1.54, 1.807) is 0 Å². The van der Waals surface area contributed by atoms with Crippen molar-refractivity contribution in [1.82, 2.24) is 9.62 Å².